The van der Waals surface area contributed by atoms with Crippen LogP contribution in [0.3, 0.4) is 0 Å². The zero-order chi connectivity index (χ0) is 13.9. The summed E-state index contributed by atoms with van der Waals surface area (Å²) in [6.07, 6.45) is 2.77. The van der Waals surface area contributed by atoms with Crippen LogP contribution >= 0.6 is 0 Å². The molecule has 1 rings (SSSR count). The van der Waals surface area contributed by atoms with E-state index in [-0.39, 0.29) is 5.41 Å². The Labute approximate surface area is 108 Å². The molecule has 0 atom stereocenters. The highest BCUT2D eigenvalue weighted by molar-refractivity contribution is 5.85. The number of hydrogen-bond acceptors (Lipinski definition) is 2. The first-order chi connectivity index (χ1) is 8.25. The van der Waals surface area contributed by atoms with Crippen LogP contribution in [0.2, 0.25) is 0 Å². The van der Waals surface area contributed by atoms with E-state index in [4.69, 9.17) is 9.84 Å². The van der Waals surface area contributed by atoms with Crippen molar-refractivity contribution >= 4 is 12.0 Å². The Morgan fingerprint density at radius 1 is 1.33 bits per heavy atom. The quantitative estimate of drug-likeness (QED) is 0.834. The molecule has 3 nitrogen and oxygen atoms in total. The van der Waals surface area contributed by atoms with Crippen molar-refractivity contribution in [1.82, 2.24) is 0 Å². The van der Waals surface area contributed by atoms with Crippen molar-refractivity contribution in [2.24, 2.45) is 0 Å². The van der Waals surface area contributed by atoms with E-state index in [9.17, 15) is 4.79 Å². The molecule has 0 aliphatic heterocycles. The highest BCUT2D eigenvalue weighted by Gasteiger charge is 2.19. The zero-order valence-corrected chi connectivity index (χ0v) is 11.6. The maximum atomic E-state index is 10.6. The number of carboxylic acid groups (broad SMARTS) is 1. The lowest BCUT2D eigenvalue weighted by Crippen LogP contribution is -2.13. The van der Waals surface area contributed by atoms with E-state index in [0.29, 0.717) is 0 Å². The molecule has 1 aromatic rings. The predicted octanol–water partition coefficient (Wildman–Crippen LogP) is 3.40. The molecule has 1 aromatic carbocycles. The number of aliphatic carboxylic acids is 1. The zero-order valence-electron chi connectivity index (χ0n) is 11.6. The van der Waals surface area contributed by atoms with Crippen LogP contribution in [0.5, 0.6) is 5.75 Å². The first-order valence-electron chi connectivity index (χ1n) is 5.86. The number of rotatable bonds is 3. The summed E-state index contributed by atoms with van der Waals surface area (Å²) in [6, 6.07) is 3.94. The third kappa shape index (κ3) is 3.36. The van der Waals surface area contributed by atoms with Gasteiger partial charge in [0, 0.05) is 11.6 Å². The van der Waals surface area contributed by atoms with Crippen molar-refractivity contribution in [2.75, 3.05) is 7.11 Å². The Balaban J connectivity index is 3.35. The fraction of sp³-hybridized carbons (Fsp3) is 0.400. The Bertz CT molecular complexity index is 479. The third-order valence-corrected chi connectivity index (χ3v) is 2.80. The number of aryl methyl sites for hydroxylation is 1. The standard InChI is InChI=1S/C15H20O3/c1-10-8-13(18-5)12(15(2,3)4)9-11(10)6-7-14(16)17/h6-9H,1-5H3,(H,16,17)/b7-6+. The lowest BCUT2D eigenvalue weighted by Gasteiger charge is -2.23. The molecular formula is C15H20O3. The summed E-state index contributed by atoms with van der Waals surface area (Å²) in [5.41, 5.74) is 2.92. The molecule has 0 saturated heterocycles. The summed E-state index contributed by atoms with van der Waals surface area (Å²) >= 11 is 0. The van der Waals surface area contributed by atoms with Crippen molar-refractivity contribution in [2.45, 2.75) is 33.1 Å². The maximum Gasteiger partial charge on any atom is 0.328 e. The topological polar surface area (TPSA) is 46.5 Å². The van der Waals surface area contributed by atoms with E-state index in [2.05, 4.69) is 20.8 Å². The molecule has 0 bridgehead atoms. The summed E-state index contributed by atoms with van der Waals surface area (Å²) in [5, 5.41) is 8.68. The summed E-state index contributed by atoms with van der Waals surface area (Å²) in [6.45, 7) is 8.25. The molecule has 1 N–H and O–H groups in total. The van der Waals surface area contributed by atoms with Crippen LogP contribution in [0, 0.1) is 6.92 Å². The van der Waals surface area contributed by atoms with Gasteiger partial charge in [0.1, 0.15) is 5.75 Å². The minimum atomic E-state index is -0.942. The van der Waals surface area contributed by atoms with E-state index in [1.54, 1.807) is 13.2 Å². The van der Waals surface area contributed by atoms with Gasteiger partial charge in [-0.2, -0.15) is 0 Å². The normalized spacial score (nSPS) is 11.8. The van der Waals surface area contributed by atoms with Gasteiger partial charge in [-0.15, -0.1) is 0 Å². The fourth-order valence-corrected chi connectivity index (χ4v) is 1.79. The van der Waals surface area contributed by atoms with Crippen molar-refractivity contribution in [3.8, 4) is 5.75 Å². The Kier molecular flexibility index (Phi) is 4.17. The minimum absolute atomic E-state index is 0.0507. The summed E-state index contributed by atoms with van der Waals surface area (Å²) in [7, 11) is 1.65. The van der Waals surface area contributed by atoms with Gasteiger partial charge in [0.15, 0.2) is 0 Å². The average molecular weight is 248 g/mol. The third-order valence-electron chi connectivity index (χ3n) is 2.80. The second-order valence-corrected chi connectivity index (χ2v) is 5.33. The van der Waals surface area contributed by atoms with Crippen LogP contribution in [-0.4, -0.2) is 18.2 Å². The van der Waals surface area contributed by atoms with Crippen LogP contribution in [-0.2, 0) is 10.2 Å². The monoisotopic (exact) mass is 248 g/mol. The van der Waals surface area contributed by atoms with Crippen LogP contribution in [0.25, 0.3) is 6.08 Å². The maximum absolute atomic E-state index is 10.6. The number of ether oxygens (including phenoxy) is 1. The SMILES string of the molecule is COc1cc(C)c(/C=C/C(=O)O)cc1C(C)(C)C. The van der Waals surface area contributed by atoms with Crippen LogP contribution in [0.1, 0.15) is 37.5 Å². The van der Waals surface area contributed by atoms with Gasteiger partial charge in [-0.1, -0.05) is 20.8 Å². The van der Waals surface area contributed by atoms with E-state index in [1.165, 1.54) is 0 Å². The molecule has 0 aliphatic rings. The first kappa shape index (κ1) is 14.3. The second kappa shape index (κ2) is 5.25. The average Bonchev–Trinajstić information content (AvgIpc) is 2.25. The molecule has 0 unspecified atom stereocenters. The van der Waals surface area contributed by atoms with Crippen molar-refractivity contribution in [3.63, 3.8) is 0 Å². The van der Waals surface area contributed by atoms with Gasteiger partial charge in [-0.25, -0.2) is 4.79 Å². The number of carboxylic acids is 1. The molecule has 0 fully saturated rings. The number of carbonyl (C=O) groups is 1. The van der Waals surface area contributed by atoms with E-state index >= 15 is 0 Å². The van der Waals surface area contributed by atoms with Crippen LogP contribution in [0.4, 0.5) is 0 Å². The van der Waals surface area contributed by atoms with Gasteiger partial charge in [0.25, 0.3) is 0 Å². The molecule has 0 spiro atoms. The van der Waals surface area contributed by atoms with Crippen LogP contribution < -0.4 is 4.74 Å². The van der Waals surface area contributed by atoms with E-state index in [0.717, 1.165) is 28.5 Å². The number of methoxy groups -OCH3 is 1. The van der Waals surface area contributed by atoms with Crippen LogP contribution in [0.15, 0.2) is 18.2 Å². The van der Waals surface area contributed by atoms with E-state index in [1.807, 2.05) is 19.1 Å². The highest BCUT2D eigenvalue weighted by Crippen LogP contribution is 2.33. The highest BCUT2D eigenvalue weighted by atomic mass is 16.5. The molecular weight excluding hydrogens is 228 g/mol. The molecule has 0 aromatic heterocycles. The van der Waals surface area contributed by atoms with Gasteiger partial charge >= 0.3 is 5.97 Å². The Morgan fingerprint density at radius 3 is 2.39 bits per heavy atom. The minimum Gasteiger partial charge on any atom is -0.496 e. The Morgan fingerprint density at radius 2 is 1.94 bits per heavy atom. The smallest absolute Gasteiger partial charge is 0.328 e. The van der Waals surface area contributed by atoms with Crippen molar-refractivity contribution in [3.05, 3.63) is 34.9 Å². The summed E-state index contributed by atoms with van der Waals surface area (Å²) in [4.78, 5) is 10.6. The molecule has 0 aliphatic carbocycles. The fourth-order valence-electron chi connectivity index (χ4n) is 1.79. The second-order valence-electron chi connectivity index (χ2n) is 5.33. The predicted molar refractivity (Wildman–Crippen MR) is 73.1 cm³/mol. The number of hydrogen-bond donors (Lipinski definition) is 1. The molecule has 98 valence electrons. The largest absolute Gasteiger partial charge is 0.496 e. The molecule has 0 amide bonds. The van der Waals surface area contributed by atoms with Gasteiger partial charge < -0.3 is 9.84 Å². The lowest BCUT2D eigenvalue weighted by molar-refractivity contribution is -0.131. The Hall–Kier alpha value is -1.77. The van der Waals surface area contributed by atoms with Gasteiger partial charge in [0.2, 0.25) is 0 Å². The molecule has 0 saturated carbocycles. The molecule has 0 radical (unpaired) electrons. The van der Waals surface area contributed by atoms with Crippen molar-refractivity contribution in [1.29, 1.82) is 0 Å². The molecule has 3 heteroatoms. The van der Waals surface area contributed by atoms with Gasteiger partial charge in [0.05, 0.1) is 7.11 Å². The van der Waals surface area contributed by atoms with Crippen molar-refractivity contribution < 1.29 is 14.6 Å². The first-order valence-corrected chi connectivity index (χ1v) is 5.86. The van der Waals surface area contributed by atoms with Gasteiger partial charge in [-0.3, -0.25) is 0 Å². The summed E-state index contributed by atoms with van der Waals surface area (Å²) in [5.74, 6) is -0.102. The number of benzene rings is 1. The lowest BCUT2D eigenvalue weighted by atomic mass is 9.84. The van der Waals surface area contributed by atoms with Gasteiger partial charge in [-0.05, 0) is 41.7 Å². The summed E-state index contributed by atoms with van der Waals surface area (Å²) < 4.78 is 5.39. The molecule has 0 heterocycles. The molecule has 18 heavy (non-hydrogen) atoms. The van der Waals surface area contributed by atoms with E-state index < -0.39 is 5.97 Å².